The Kier molecular flexibility index (Phi) is 6.85. The number of benzene rings is 2. The number of nitrogens with zero attached hydrogens (tertiary/aromatic N) is 2. The molecule has 12 nitrogen and oxygen atoms in total. The summed E-state index contributed by atoms with van der Waals surface area (Å²) in [5.74, 6) is -1.87. The fraction of sp³-hybridized carbons (Fsp3) is 0.111. The van der Waals surface area contributed by atoms with Gasteiger partial charge in [-0.2, -0.15) is 16.8 Å². The van der Waals surface area contributed by atoms with E-state index >= 15 is 0 Å². The zero-order valence-electron chi connectivity index (χ0n) is 16.6. The quantitative estimate of drug-likeness (QED) is 0.245. The molecule has 180 valence electrons. The molecule has 0 spiro atoms. The molecule has 2 aromatic rings. The fourth-order valence-electron chi connectivity index (χ4n) is 2.89. The van der Waals surface area contributed by atoms with Gasteiger partial charge in [0.15, 0.2) is 0 Å². The predicted octanol–water partition coefficient (Wildman–Crippen LogP) is 1.56. The maximum atomic E-state index is 12.8. The van der Waals surface area contributed by atoms with Crippen LogP contribution in [-0.4, -0.2) is 59.7 Å². The Morgan fingerprint density at radius 3 is 1.32 bits per heavy atom. The summed E-state index contributed by atoms with van der Waals surface area (Å²) < 4.78 is 64.2. The van der Waals surface area contributed by atoms with Crippen LogP contribution in [0.2, 0.25) is 0 Å². The van der Waals surface area contributed by atoms with E-state index in [9.17, 15) is 35.5 Å². The van der Waals surface area contributed by atoms with E-state index in [1.165, 1.54) is 12.1 Å². The Labute approximate surface area is 202 Å². The molecule has 34 heavy (non-hydrogen) atoms. The van der Waals surface area contributed by atoms with Gasteiger partial charge in [0, 0.05) is 0 Å². The summed E-state index contributed by atoms with van der Waals surface area (Å²) in [4.78, 5) is 32.1. The summed E-state index contributed by atoms with van der Waals surface area (Å²) in [6.45, 7) is 0. The Bertz CT molecular complexity index is 1390. The van der Waals surface area contributed by atoms with E-state index in [4.69, 9.17) is 34.7 Å². The first-order chi connectivity index (χ1) is 15.6. The second kappa shape index (κ2) is 9.05. The van der Waals surface area contributed by atoms with Crippen molar-refractivity contribution in [3.8, 4) is 0 Å². The number of Topliss-reactive ketones (excluding diaryl/α,β-unsaturated/α-hetero) is 2. The van der Waals surface area contributed by atoms with Crippen LogP contribution < -0.4 is 11.5 Å². The highest BCUT2D eigenvalue weighted by Gasteiger charge is 2.44. The van der Waals surface area contributed by atoms with Crippen LogP contribution in [0.3, 0.4) is 0 Å². The van der Waals surface area contributed by atoms with Crippen molar-refractivity contribution in [3.63, 3.8) is 0 Å². The maximum Gasteiger partial charge on any atom is 0.296 e. The molecule has 1 aliphatic carbocycles. The van der Waals surface area contributed by atoms with Gasteiger partial charge in [-0.15, -0.1) is 23.2 Å². The molecule has 6 N–H and O–H groups in total. The summed E-state index contributed by atoms with van der Waals surface area (Å²) in [5, 5.41) is -3.36. The second-order valence-corrected chi connectivity index (χ2v) is 10.5. The number of carbonyl (C=O) groups is 2. The van der Waals surface area contributed by atoms with Crippen LogP contribution in [0, 0.1) is 0 Å². The number of ketones is 2. The smallest absolute Gasteiger partial charge is 0.296 e. The number of anilines is 2. The first-order valence-corrected chi connectivity index (χ1v) is 12.6. The average Bonchev–Trinajstić information content (AvgIpc) is 2.73. The highest BCUT2D eigenvalue weighted by Crippen LogP contribution is 2.29. The number of nitrogens with two attached hydrogens (primary N) is 2. The lowest BCUT2D eigenvalue weighted by Gasteiger charge is -2.22. The zero-order chi connectivity index (χ0) is 25.6. The van der Waals surface area contributed by atoms with Gasteiger partial charge in [0.05, 0.1) is 22.7 Å². The minimum absolute atomic E-state index is 0.163. The molecule has 2 aromatic carbocycles. The zero-order valence-corrected chi connectivity index (χ0v) is 19.7. The number of carbonyl (C=O) groups excluding carboxylic acids is 2. The highest BCUT2D eigenvalue weighted by atomic mass is 35.5. The first-order valence-electron chi connectivity index (χ1n) is 8.89. The van der Waals surface area contributed by atoms with Gasteiger partial charge >= 0.3 is 0 Å². The third-order valence-corrected chi connectivity index (χ3v) is 7.12. The van der Waals surface area contributed by atoms with Gasteiger partial charge in [0.2, 0.25) is 11.6 Å². The van der Waals surface area contributed by atoms with Crippen LogP contribution in [0.4, 0.5) is 22.7 Å². The maximum absolute atomic E-state index is 12.8. The van der Waals surface area contributed by atoms with Gasteiger partial charge in [-0.3, -0.25) is 18.7 Å². The third kappa shape index (κ3) is 5.11. The molecule has 0 radical (unpaired) electrons. The van der Waals surface area contributed by atoms with Crippen LogP contribution in [0.1, 0.15) is 0 Å². The molecule has 0 saturated heterocycles. The largest absolute Gasteiger partial charge is 0.398 e. The summed E-state index contributed by atoms with van der Waals surface area (Å²) in [6, 6.07) is 6.40. The van der Waals surface area contributed by atoms with E-state index in [2.05, 4.69) is 9.98 Å². The second-order valence-electron chi connectivity index (χ2n) is 6.84. The van der Waals surface area contributed by atoms with Crippen LogP contribution in [0.15, 0.2) is 56.2 Å². The molecule has 2 unspecified atom stereocenters. The number of hydrogen-bond donors (Lipinski definition) is 4. The van der Waals surface area contributed by atoms with Crippen molar-refractivity contribution in [3.05, 3.63) is 36.4 Å². The van der Waals surface area contributed by atoms with Gasteiger partial charge < -0.3 is 11.5 Å². The van der Waals surface area contributed by atoms with Gasteiger partial charge in [-0.25, -0.2) is 9.98 Å². The highest BCUT2D eigenvalue weighted by molar-refractivity contribution is 7.86. The van der Waals surface area contributed by atoms with Crippen LogP contribution in [-0.2, 0) is 29.8 Å². The molecule has 3 rings (SSSR count). The molecule has 0 aromatic heterocycles. The van der Waals surface area contributed by atoms with E-state index < -0.39 is 63.8 Å². The van der Waals surface area contributed by atoms with Crippen molar-refractivity contribution < 1.29 is 35.5 Å². The molecule has 16 heteroatoms. The standard InChI is InChI=1S/C18H14Cl2N4O8S2/c19-13-15(23-7-1-3-9(21)11(5-7)33(27,28)29)17(25)14(20)16(18(13)26)24-8-2-4-10(22)12(6-8)34(30,31)32/h1-6,13-14H,21-22H2,(H,27,28,29)(H,30,31,32). The minimum Gasteiger partial charge on any atom is -0.398 e. The van der Waals surface area contributed by atoms with E-state index in [1.807, 2.05) is 0 Å². The van der Waals surface area contributed by atoms with E-state index in [1.54, 1.807) is 0 Å². The van der Waals surface area contributed by atoms with Gasteiger partial charge in [-0.05, 0) is 36.4 Å². The van der Waals surface area contributed by atoms with Crippen molar-refractivity contribution in [2.24, 2.45) is 9.98 Å². The number of rotatable bonds is 4. The predicted molar refractivity (Wildman–Crippen MR) is 125 cm³/mol. The van der Waals surface area contributed by atoms with E-state index in [0.717, 1.165) is 24.3 Å². The average molecular weight is 549 g/mol. The molecular formula is C18H14Cl2N4O8S2. The Morgan fingerprint density at radius 2 is 1.03 bits per heavy atom. The van der Waals surface area contributed by atoms with Gasteiger partial charge in [-0.1, -0.05) is 0 Å². The van der Waals surface area contributed by atoms with Gasteiger partial charge in [0.25, 0.3) is 20.2 Å². The molecule has 0 heterocycles. The van der Waals surface area contributed by atoms with Crippen molar-refractivity contribution in [1.82, 2.24) is 0 Å². The number of hydrogen-bond acceptors (Lipinski definition) is 10. The normalized spacial score (nSPS) is 21.9. The molecule has 1 saturated carbocycles. The summed E-state index contributed by atoms with van der Waals surface area (Å²) in [6.07, 6.45) is 0. The van der Waals surface area contributed by atoms with Crippen LogP contribution in [0.25, 0.3) is 0 Å². The third-order valence-electron chi connectivity index (χ3n) is 4.49. The van der Waals surface area contributed by atoms with Crippen LogP contribution in [0.5, 0.6) is 0 Å². The van der Waals surface area contributed by atoms with Gasteiger partial charge in [0.1, 0.15) is 32.0 Å². The Hall–Kier alpha value is -2.88. The van der Waals surface area contributed by atoms with Crippen molar-refractivity contribution in [1.29, 1.82) is 0 Å². The summed E-state index contributed by atoms with van der Waals surface area (Å²) in [7, 11) is -9.40. The topological polar surface area (TPSA) is 220 Å². The first kappa shape index (κ1) is 25.7. The van der Waals surface area contributed by atoms with Crippen molar-refractivity contribution in [2.45, 2.75) is 20.5 Å². The molecule has 1 aliphatic rings. The number of aliphatic imine (C=N–C) groups is 2. The Balaban J connectivity index is 2.05. The van der Waals surface area contributed by atoms with Crippen molar-refractivity contribution in [2.75, 3.05) is 11.5 Å². The number of nitrogen functional groups attached to an aromatic ring is 2. The summed E-state index contributed by atoms with van der Waals surface area (Å²) >= 11 is 12.2. The molecular weight excluding hydrogens is 535 g/mol. The van der Waals surface area contributed by atoms with Crippen molar-refractivity contribution >= 4 is 89.2 Å². The van der Waals surface area contributed by atoms with E-state index in [-0.39, 0.29) is 22.7 Å². The van der Waals surface area contributed by atoms with E-state index in [0.29, 0.717) is 0 Å². The Morgan fingerprint density at radius 1 is 0.706 bits per heavy atom. The fourth-order valence-corrected chi connectivity index (χ4v) is 4.70. The lowest BCUT2D eigenvalue weighted by Crippen LogP contribution is -2.50. The lowest BCUT2D eigenvalue weighted by atomic mass is 9.92. The van der Waals surface area contributed by atoms with Crippen LogP contribution >= 0.6 is 23.2 Å². The number of alkyl halides is 2. The monoisotopic (exact) mass is 548 g/mol. The number of halogens is 2. The molecule has 0 aliphatic heterocycles. The molecule has 1 fully saturated rings. The minimum atomic E-state index is -4.70. The molecule has 0 bridgehead atoms. The lowest BCUT2D eigenvalue weighted by molar-refractivity contribution is -0.116. The molecule has 2 atom stereocenters. The molecule has 0 amide bonds. The summed E-state index contributed by atoms with van der Waals surface area (Å²) in [5.41, 5.74) is 9.10. The SMILES string of the molecule is Nc1ccc(N=C2C(=O)C(Cl)C(=Nc3ccc(N)c(S(=O)(=O)O)c3)C(=O)C2Cl)cc1S(=O)(=O)O.